The van der Waals surface area contributed by atoms with E-state index in [9.17, 15) is 4.79 Å². The van der Waals surface area contributed by atoms with E-state index in [0.717, 1.165) is 18.9 Å². The molecule has 1 aromatic heterocycles. The number of rotatable bonds is 5. The zero-order chi connectivity index (χ0) is 18.7. The molecule has 0 unspecified atom stereocenters. The first-order valence-electron chi connectivity index (χ1n) is 10.9. The summed E-state index contributed by atoms with van der Waals surface area (Å²) >= 11 is 0. The van der Waals surface area contributed by atoms with Gasteiger partial charge >= 0.3 is 0 Å². The Morgan fingerprint density at radius 1 is 1.12 bits per heavy atom. The van der Waals surface area contributed by atoms with Gasteiger partial charge in [-0.2, -0.15) is 5.10 Å². The highest BCUT2D eigenvalue weighted by molar-refractivity contribution is 5.81. The van der Waals surface area contributed by atoms with Crippen LogP contribution < -0.4 is 0 Å². The number of nitrogens with zero attached hydrogens (tertiary/aromatic N) is 3. The summed E-state index contributed by atoms with van der Waals surface area (Å²) in [6, 6.07) is 1.37. The average molecular weight is 360 g/mol. The van der Waals surface area contributed by atoms with Crippen LogP contribution in [0.2, 0.25) is 0 Å². The van der Waals surface area contributed by atoms with Crippen LogP contribution in [0.15, 0.2) is 12.4 Å². The highest BCUT2D eigenvalue weighted by Gasteiger charge is 2.55. The van der Waals surface area contributed by atoms with Crippen LogP contribution in [-0.4, -0.2) is 39.6 Å². The van der Waals surface area contributed by atoms with Crippen molar-refractivity contribution in [1.82, 2.24) is 14.7 Å². The van der Waals surface area contributed by atoms with E-state index < -0.39 is 0 Å². The van der Waals surface area contributed by atoms with Gasteiger partial charge in [-0.15, -0.1) is 0 Å². The summed E-state index contributed by atoms with van der Waals surface area (Å²) in [6.07, 6.45) is 13.6. The van der Waals surface area contributed by atoms with E-state index in [-0.39, 0.29) is 0 Å². The first kappa shape index (κ1) is 19.6. The Bertz CT molecular complexity index is 586. The van der Waals surface area contributed by atoms with Crippen LogP contribution in [0.4, 0.5) is 0 Å². The number of hydrogen-bond acceptors (Lipinski definition) is 3. The molecule has 26 heavy (non-hydrogen) atoms. The second kappa shape index (κ2) is 8.24. The van der Waals surface area contributed by atoms with E-state index in [1.54, 1.807) is 0 Å². The lowest BCUT2D eigenvalue weighted by molar-refractivity contribution is -0.141. The lowest BCUT2D eigenvalue weighted by Crippen LogP contribution is -2.58. The van der Waals surface area contributed by atoms with Crippen LogP contribution in [0.5, 0.6) is 0 Å². The normalized spacial score (nSPS) is 31.7. The van der Waals surface area contributed by atoms with E-state index in [4.69, 9.17) is 0 Å². The van der Waals surface area contributed by atoms with E-state index in [0.29, 0.717) is 23.2 Å². The summed E-state index contributed by atoms with van der Waals surface area (Å²) in [6.45, 7) is 10.6. The quantitative estimate of drug-likeness (QED) is 0.768. The maximum absolute atomic E-state index is 11.8. The van der Waals surface area contributed by atoms with Gasteiger partial charge in [-0.05, 0) is 55.9 Å². The van der Waals surface area contributed by atoms with Crippen molar-refractivity contribution in [2.24, 2.45) is 11.3 Å². The van der Waals surface area contributed by atoms with Gasteiger partial charge in [0.05, 0.1) is 12.2 Å². The molecule has 4 heteroatoms. The third-order valence-electron chi connectivity index (χ3n) is 6.95. The highest BCUT2D eigenvalue weighted by atomic mass is 16.1. The molecule has 1 aromatic rings. The van der Waals surface area contributed by atoms with Crippen molar-refractivity contribution in [3.05, 3.63) is 18.0 Å². The Labute approximate surface area is 159 Å². The lowest BCUT2D eigenvalue weighted by Gasteiger charge is -2.60. The molecule has 3 aliphatic rings. The van der Waals surface area contributed by atoms with Crippen molar-refractivity contribution in [3.63, 3.8) is 0 Å². The molecular weight excluding hydrogens is 322 g/mol. The number of carbonyl (C=O) groups excluding carboxylic acids is 1. The number of carbonyl (C=O) groups is 1. The molecule has 0 atom stereocenters. The SMILES string of the molecule is CC.CCC(=O)C1CC2(C1)CC(N1CCC(n3cc(CC)cn3)CC1)C2. The second-order valence-corrected chi connectivity index (χ2v) is 8.44. The number of hydrogen-bond donors (Lipinski definition) is 0. The first-order valence-corrected chi connectivity index (χ1v) is 10.9. The molecule has 1 aliphatic heterocycles. The maximum Gasteiger partial charge on any atom is 0.135 e. The van der Waals surface area contributed by atoms with Crippen molar-refractivity contribution in [2.45, 2.75) is 91.1 Å². The molecule has 0 N–H and O–H groups in total. The number of piperidine rings is 1. The van der Waals surface area contributed by atoms with Crippen LogP contribution in [-0.2, 0) is 11.2 Å². The van der Waals surface area contributed by atoms with Crippen molar-refractivity contribution >= 4 is 5.78 Å². The molecule has 1 saturated heterocycles. The van der Waals surface area contributed by atoms with Gasteiger partial charge in [0.25, 0.3) is 0 Å². The minimum Gasteiger partial charge on any atom is -0.300 e. The topological polar surface area (TPSA) is 38.1 Å². The number of aromatic nitrogens is 2. The Hall–Kier alpha value is -1.16. The molecule has 4 nitrogen and oxygen atoms in total. The summed E-state index contributed by atoms with van der Waals surface area (Å²) in [5, 5.41) is 4.56. The third kappa shape index (κ3) is 3.76. The Morgan fingerprint density at radius 2 is 1.77 bits per heavy atom. The fraction of sp³-hybridized carbons (Fsp3) is 0.818. The highest BCUT2D eigenvalue weighted by Crippen LogP contribution is 2.60. The lowest BCUT2D eigenvalue weighted by atomic mass is 9.49. The van der Waals surface area contributed by atoms with E-state index in [2.05, 4.69) is 27.8 Å². The Kier molecular flexibility index (Phi) is 6.21. The summed E-state index contributed by atoms with van der Waals surface area (Å²) in [5.74, 6) is 0.893. The standard InChI is InChI=1S/C20H31N3O.C2H6/c1-3-15-13-21-23(14-15)17-5-7-22(8-6-17)18-11-20(12-18)9-16(10-20)19(24)4-2;1-2/h13-14,16-18H,3-12H2,1-2H3;1-2H3. The number of aryl methyl sites for hydroxylation is 1. The van der Waals surface area contributed by atoms with Crippen LogP contribution >= 0.6 is 0 Å². The molecule has 0 bridgehead atoms. The zero-order valence-electron chi connectivity index (χ0n) is 17.2. The van der Waals surface area contributed by atoms with Crippen molar-refractivity contribution in [3.8, 4) is 0 Å². The fourth-order valence-corrected chi connectivity index (χ4v) is 5.31. The summed E-state index contributed by atoms with van der Waals surface area (Å²) in [7, 11) is 0. The Morgan fingerprint density at radius 3 is 2.31 bits per heavy atom. The van der Waals surface area contributed by atoms with E-state index in [1.807, 2.05) is 27.0 Å². The van der Waals surface area contributed by atoms with Gasteiger partial charge in [-0.1, -0.05) is 27.7 Å². The predicted molar refractivity (Wildman–Crippen MR) is 106 cm³/mol. The van der Waals surface area contributed by atoms with Gasteiger partial charge < -0.3 is 4.90 Å². The van der Waals surface area contributed by atoms with Gasteiger partial charge in [0.2, 0.25) is 0 Å². The van der Waals surface area contributed by atoms with E-state index in [1.165, 1.54) is 57.2 Å². The average Bonchev–Trinajstić information content (AvgIpc) is 3.10. The van der Waals surface area contributed by atoms with Crippen molar-refractivity contribution < 1.29 is 4.79 Å². The summed E-state index contributed by atoms with van der Waals surface area (Å²) in [5.41, 5.74) is 1.90. The van der Waals surface area contributed by atoms with Gasteiger partial charge in [-0.3, -0.25) is 9.48 Å². The summed E-state index contributed by atoms with van der Waals surface area (Å²) < 4.78 is 2.20. The molecule has 3 fully saturated rings. The molecule has 2 heterocycles. The van der Waals surface area contributed by atoms with Gasteiger partial charge in [0.15, 0.2) is 0 Å². The first-order chi connectivity index (χ1) is 12.6. The second-order valence-electron chi connectivity index (χ2n) is 8.44. The number of likely N-dealkylation sites (tertiary alicyclic amines) is 1. The molecule has 0 aromatic carbocycles. The van der Waals surface area contributed by atoms with E-state index >= 15 is 0 Å². The minimum absolute atomic E-state index is 0.397. The summed E-state index contributed by atoms with van der Waals surface area (Å²) in [4.78, 5) is 14.5. The molecule has 0 radical (unpaired) electrons. The molecule has 1 spiro atoms. The molecule has 146 valence electrons. The van der Waals surface area contributed by atoms with Gasteiger partial charge in [-0.25, -0.2) is 0 Å². The fourth-order valence-electron chi connectivity index (χ4n) is 5.31. The Balaban J connectivity index is 0.000000948. The maximum atomic E-state index is 11.8. The van der Waals surface area contributed by atoms with Crippen LogP contribution in [0, 0.1) is 11.3 Å². The monoisotopic (exact) mass is 359 g/mol. The third-order valence-corrected chi connectivity index (χ3v) is 6.95. The number of ketones is 1. The minimum atomic E-state index is 0.397. The molecule has 0 amide bonds. The molecule has 2 aliphatic carbocycles. The van der Waals surface area contributed by atoms with Crippen molar-refractivity contribution in [2.75, 3.05) is 13.1 Å². The van der Waals surface area contributed by atoms with Crippen LogP contribution in [0.25, 0.3) is 0 Å². The molecule has 4 rings (SSSR count). The van der Waals surface area contributed by atoms with Gasteiger partial charge in [0.1, 0.15) is 5.78 Å². The molecular formula is C22H37N3O. The van der Waals surface area contributed by atoms with Crippen LogP contribution in [0.1, 0.15) is 84.2 Å². The van der Waals surface area contributed by atoms with Crippen molar-refractivity contribution in [1.29, 1.82) is 0 Å². The number of Topliss-reactive ketones (excluding diaryl/α,β-unsaturated/α-hetero) is 1. The van der Waals surface area contributed by atoms with Crippen LogP contribution in [0.3, 0.4) is 0 Å². The predicted octanol–water partition coefficient (Wildman–Crippen LogP) is 4.65. The largest absolute Gasteiger partial charge is 0.300 e. The zero-order valence-corrected chi connectivity index (χ0v) is 17.2. The molecule has 2 saturated carbocycles. The van der Waals surface area contributed by atoms with Gasteiger partial charge in [0, 0.05) is 37.7 Å². The smallest absolute Gasteiger partial charge is 0.135 e.